The van der Waals surface area contributed by atoms with Crippen molar-refractivity contribution in [2.24, 2.45) is 0 Å². The Morgan fingerprint density at radius 1 is 1.50 bits per heavy atom. The molecule has 4 nitrogen and oxygen atoms in total. The normalized spacial score (nSPS) is 14.2. The van der Waals surface area contributed by atoms with Crippen LogP contribution in [0.2, 0.25) is 0 Å². The molecule has 0 atom stereocenters. The summed E-state index contributed by atoms with van der Waals surface area (Å²) in [4.78, 5) is 11.9. The van der Waals surface area contributed by atoms with Crippen LogP contribution in [-0.2, 0) is 0 Å². The number of hydrogen-bond acceptors (Lipinski definition) is 4. The molecule has 0 saturated heterocycles. The van der Waals surface area contributed by atoms with Gasteiger partial charge in [0.25, 0.3) is 0 Å². The number of ketones is 1. The number of likely N-dealkylation sites (N-methyl/N-ethyl adjacent to an activating group) is 1. The average Bonchev–Trinajstić information content (AvgIpc) is 2.56. The fraction of sp³-hybridized carbons (Fsp3) is 0.417. The van der Waals surface area contributed by atoms with Crippen molar-refractivity contribution in [2.75, 3.05) is 26.8 Å². The van der Waals surface area contributed by atoms with E-state index in [1.807, 2.05) is 0 Å². The van der Waals surface area contributed by atoms with Gasteiger partial charge < -0.3 is 14.8 Å². The molecule has 0 saturated carbocycles. The highest BCUT2D eigenvalue weighted by Gasteiger charge is 2.25. The zero-order valence-corrected chi connectivity index (χ0v) is 11.5. The third kappa shape index (κ3) is 2.49. The van der Waals surface area contributed by atoms with Crippen LogP contribution in [0.3, 0.4) is 0 Å². The molecule has 0 aliphatic carbocycles. The van der Waals surface area contributed by atoms with Gasteiger partial charge >= 0.3 is 0 Å². The summed E-state index contributed by atoms with van der Waals surface area (Å²) < 4.78 is 25.2. The minimum atomic E-state index is -0.612. The molecule has 1 aliphatic heterocycles. The molecule has 1 N–H and O–H groups in total. The SMILES string of the molecule is CNCC(=O)c1c(F)c(Br)cc2c1OCCCO2. The van der Waals surface area contributed by atoms with E-state index in [-0.39, 0.29) is 28.1 Å². The van der Waals surface area contributed by atoms with Gasteiger partial charge in [-0.2, -0.15) is 0 Å². The van der Waals surface area contributed by atoms with E-state index in [1.165, 1.54) is 6.07 Å². The second-order valence-corrected chi connectivity index (χ2v) is 4.73. The van der Waals surface area contributed by atoms with Crippen LogP contribution < -0.4 is 14.8 Å². The number of carbonyl (C=O) groups is 1. The van der Waals surface area contributed by atoms with Crippen LogP contribution in [0.25, 0.3) is 0 Å². The maximum Gasteiger partial charge on any atom is 0.183 e. The number of fused-ring (bicyclic) bond motifs is 1. The first kappa shape index (κ1) is 13.3. The number of carbonyl (C=O) groups excluding carboxylic acids is 1. The molecule has 0 radical (unpaired) electrons. The zero-order valence-electron chi connectivity index (χ0n) is 9.89. The molecule has 1 aromatic carbocycles. The van der Waals surface area contributed by atoms with Gasteiger partial charge in [-0.05, 0) is 23.0 Å². The van der Waals surface area contributed by atoms with Crippen molar-refractivity contribution in [3.63, 3.8) is 0 Å². The monoisotopic (exact) mass is 317 g/mol. The molecule has 1 heterocycles. The number of halogens is 2. The Bertz CT molecular complexity index is 479. The van der Waals surface area contributed by atoms with Crippen molar-refractivity contribution in [1.29, 1.82) is 0 Å². The fourth-order valence-corrected chi connectivity index (χ4v) is 2.16. The van der Waals surface area contributed by atoms with Gasteiger partial charge in [-0.1, -0.05) is 0 Å². The Morgan fingerprint density at radius 3 is 2.94 bits per heavy atom. The average molecular weight is 318 g/mol. The minimum absolute atomic E-state index is 0.0448. The number of benzene rings is 1. The van der Waals surface area contributed by atoms with E-state index in [4.69, 9.17) is 9.47 Å². The summed E-state index contributed by atoms with van der Waals surface area (Å²) >= 11 is 3.09. The highest BCUT2D eigenvalue weighted by molar-refractivity contribution is 9.10. The molecule has 0 fully saturated rings. The number of ether oxygens (including phenoxy) is 2. The Labute approximate surface area is 113 Å². The van der Waals surface area contributed by atoms with Crippen LogP contribution in [-0.4, -0.2) is 32.6 Å². The van der Waals surface area contributed by atoms with E-state index in [9.17, 15) is 9.18 Å². The second kappa shape index (κ2) is 5.67. The van der Waals surface area contributed by atoms with E-state index in [1.54, 1.807) is 7.05 Å². The van der Waals surface area contributed by atoms with E-state index in [0.29, 0.717) is 25.4 Å². The third-order valence-electron chi connectivity index (χ3n) is 2.55. The van der Waals surface area contributed by atoms with E-state index >= 15 is 0 Å². The lowest BCUT2D eigenvalue weighted by Gasteiger charge is -2.13. The molecule has 2 rings (SSSR count). The third-order valence-corrected chi connectivity index (χ3v) is 3.12. The van der Waals surface area contributed by atoms with Gasteiger partial charge in [-0.25, -0.2) is 4.39 Å². The lowest BCUT2D eigenvalue weighted by atomic mass is 10.1. The Morgan fingerprint density at radius 2 is 2.22 bits per heavy atom. The topological polar surface area (TPSA) is 47.6 Å². The van der Waals surface area contributed by atoms with Crippen molar-refractivity contribution in [1.82, 2.24) is 5.32 Å². The maximum atomic E-state index is 14.1. The summed E-state index contributed by atoms with van der Waals surface area (Å²) in [5.41, 5.74) is -0.0596. The summed E-state index contributed by atoms with van der Waals surface area (Å²) in [6, 6.07) is 1.49. The molecule has 1 aromatic rings. The van der Waals surface area contributed by atoms with Crippen molar-refractivity contribution < 1.29 is 18.7 Å². The van der Waals surface area contributed by atoms with Gasteiger partial charge in [-0.15, -0.1) is 0 Å². The number of nitrogens with one attached hydrogen (secondary N) is 1. The van der Waals surface area contributed by atoms with E-state index < -0.39 is 5.82 Å². The predicted molar refractivity (Wildman–Crippen MR) is 68.0 cm³/mol. The van der Waals surface area contributed by atoms with Gasteiger partial charge in [0.05, 0.1) is 24.2 Å². The summed E-state index contributed by atoms with van der Waals surface area (Å²) in [5.74, 6) is -0.369. The standard InChI is InChI=1S/C12H13BrFNO3/c1-15-6-8(16)10-11(14)7(13)5-9-12(10)18-4-2-3-17-9/h5,15H,2-4,6H2,1H3. The number of Topliss-reactive ketones (excluding diaryl/α,β-unsaturated/α-hetero) is 1. The molecule has 0 aromatic heterocycles. The van der Waals surface area contributed by atoms with Gasteiger partial charge in [-0.3, -0.25) is 4.79 Å². The van der Waals surface area contributed by atoms with Crippen LogP contribution >= 0.6 is 15.9 Å². The highest BCUT2D eigenvalue weighted by atomic mass is 79.9. The first-order valence-electron chi connectivity index (χ1n) is 5.60. The second-order valence-electron chi connectivity index (χ2n) is 3.88. The quantitative estimate of drug-likeness (QED) is 0.868. The van der Waals surface area contributed by atoms with Crippen LogP contribution in [0.15, 0.2) is 10.5 Å². The minimum Gasteiger partial charge on any atom is -0.489 e. The zero-order chi connectivity index (χ0) is 13.1. The maximum absolute atomic E-state index is 14.1. The smallest absolute Gasteiger partial charge is 0.183 e. The lowest BCUT2D eigenvalue weighted by molar-refractivity contribution is 0.0985. The van der Waals surface area contributed by atoms with E-state index in [2.05, 4.69) is 21.2 Å². The van der Waals surface area contributed by atoms with Crippen LogP contribution in [0.1, 0.15) is 16.8 Å². The first-order chi connectivity index (χ1) is 8.65. The molecule has 0 bridgehead atoms. The molecule has 0 spiro atoms. The molecule has 0 amide bonds. The molecule has 0 unspecified atom stereocenters. The Balaban J connectivity index is 2.54. The van der Waals surface area contributed by atoms with Gasteiger partial charge in [0.15, 0.2) is 23.1 Å². The van der Waals surface area contributed by atoms with Gasteiger partial charge in [0, 0.05) is 12.5 Å². The van der Waals surface area contributed by atoms with Crippen molar-refractivity contribution in [2.45, 2.75) is 6.42 Å². The lowest BCUT2D eigenvalue weighted by Crippen LogP contribution is -2.20. The Kier molecular flexibility index (Phi) is 4.19. The fourth-order valence-electron chi connectivity index (χ4n) is 1.75. The molecular weight excluding hydrogens is 305 g/mol. The van der Waals surface area contributed by atoms with Crippen LogP contribution in [0, 0.1) is 5.82 Å². The van der Waals surface area contributed by atoms with Crippen molar-refractivity contribution in [3.8, 4) is 11.5 Å². The summed E-state index contributed by atoms with van der Waals surface area (Å²) in [6.45, 7) is 0.946. The molecule has 1 aliphatic rings. The number of rotatable bonds is 3. The largest absolute Gasteiger partial charge is 0.489 e. The molecule has 18 heavy (non-hydrogen) atoms. The van der Waals surface area contributed by atoms with Gasteiger partial charge in [0.1, 0.15) is 5.56 Å². The van der Waals surface area contributed by atoms with E-state index in [0.717, 1.165) is 0 Å². The Hall–Kier alpha value is -1.14. The van der Waals surface area contributed by atoms with Crippen molar-refractivity contribution >= 4 is 21.7 Å². The molecular formula is C12H13BrFNO3. The van der Waals surface area contributed by atoms with Crippen molar-refractivity contribution in [3.05, 3.63) is 21.9 Å². The van der Waals surface area contributed by atoms with Crippen LogP contribution in [0.4, 0.5) is 4.39 Å². The van der Waals surface area contributed by atoms with Gasteiger partial charge in [0.2, 0.25) is 0 Å². The highest BCUT2D eigenvalue weighted by Crippen LogP contribution is 2.39. The summed E-state index contributed by atoms with van der Waals surface area (Å²) in [5, 5.41) is 2.71. The number of hydrogen-bond donors (Lipinski definition) is 1. The molecule has 98 valence electrons. The summed E-state index contributed by atoms with van der Waals surface area (Å²) in [7, 11) is 1.63. The predicted octanol–water partition coefficient (Wildman–Crippen LogP) is 2.15. The molecule has 6 heteroatoms. The van der Waals surface area contributed by atoms with Crippen LogP contribution in [0.5, 0.6) is 11.5 Å². The first-order valence-corrected chi connectivity index (χ1v) is 6.40. The summed E-state index contributed by atoms with van der Waals surface area (Å²) in [6.07, 6.45) is 0.702.